The Hall–Kier alpha value is -1.98. The fourth-order valence-corrected chi connectivity index (χ4v) is 3.10. The molecular formula is C19H24FN3O. The lowest BCUT2D eigenvalue weighted by molar-refractivity contribution is -0.00493. The molecule has 0 unspecified atom stereocenters. The third-order valence-electron chi connectivity index (χ3n) is 4.67. The number of likely N-dealkylation sites (tertiary alicyclic amines) is 1. The Morgan fingerprint density at radius 2 is 2.00 bits per heavy atom. The Labute approximate surface area is 142 Å². The molecule has 0 saturated carbocycles. The van der Waals surface area contributed by atoms with Crippen LogP contribution < -0.4 is 5.73 Å². The molecule has 2 heterocycles. The van der Waals surface area contributed by atoms with Crippen LogP contribution in [0.25, 0.3) is 0 Å². The van der Waals surface area contributed by atoms with Crippen LogP contribution in [0.5, 0.6) is 0 Å². The summed E-state index contributed by atoms with van der Waals surface area (Å²) in [5, 5.41) is 0. The summed E-state index contributed by atoms with van der Waals surface area (Å²) in [6.45, 7) is 5.14. The molecule has 0 amide bonds. The van der Waals surface area contributed by atoms with Gasteiger partial charge in [0.15, 0.2) is 0 Å². The van der Waals surface area contributed by atoms with Gasteiger partial charge in [-0.1, -0.05) is 18.2 Å². The number of hydrogen-bond donors (Lipinski definition) is 1. The van der Waals surface area contributed by atoms with Gasteiger partial charge < -0.3 is 10.5 Å². The number of aryl methyl sites for hydroxylation is 1. The van der Waals surface area contributed by atoms with Crippen LogP contribution in [-0.4, -0.2) is 29.1 Å². The molecule has 2 aromatic rings. The van der Waals surface area contributed by atoms with Crippen LogP contribution in [0.15, 0.2) is 36.5 Å². The highest BCUT2D eigenvalue weighted by molar-refractivity contribution is 5.43. The molecule has 0 bridgehead atoms. The number of hydrogen-bond acceptors (Lipinski definition) is 4. The van der Waals surface area contributed by atoms with Crippen molar-refractivity contribution >= 4 is 5.82 Å². The predicted molar refractivity (Wildman–Crippen MR) is 92.9 cm³/mol. The number of halogens is 1. The number of rotatable bonds is 5. The van der Waals surface area contributed by atoms with Gasteiger partial charge in [-0.25, -0.2) is 9.37 Å². The molecule has 0 radical (unpaired) electrons. The second-order valence-electron chi connectivity index (χ2n) is 6.37. The van der Waals surface area contributed by atoms with Crippen LogP contribution in [0.4, 0.5) is 10.2 Å². The van der Waals surface area contributed by atoms with E-state index in [1.807, 2.05) is 12.1 Å². The molecule has 2 N–H and O–H groups in total. The van der Waals surface area contributed by atoms with Gasteiger partial charge in [0.2, 0.25) is 0 Å². The molecule has 0 aliphatic carbocycles. The number of benzene rings is 1. The Kier molecular flexibility index (Phi) is 5.43. The number of nitrogens with two attached hydrogens (primary N) is 1. The van der Waals surface area contributed by atoms with E-state index in [0.29, 0.717) is 18.0 Å². The van der Waals surface area contributed by atoms with E-state index >= 15 is 0 Å². The molecule has 5 heteroatoms. The Bertz CT molecular complexity index is 664. The molecule has 3 rings (SSSR count). The van der Waals surface area contributed by atoms with E-state index in [-0.39, 0.29) is 11.9 Å². The molecule has 128 valence electrons. The summed E-state index contributed by atoms with van der Waals surface area (Å²) < 4.78 is 19.5. The maximum absolute atomic E-state index is 13.6. The fraction of sp³-hybridized carbons (Fsp3) is 0.421. The molecule has 1 aromatic carbocycles. The van der Waals surface area contributed by atoms with Gasteiger partial charge in [-0.05, 0) is 37.5 Å². The Morgan fingerprint density at radius 1 is 1.25 bits per heavy atom. The SMILES string of the molecule is Cc1ccnc(N)c1CN1CCC(OCc2ccccc2F)CC1. The normalized spacial score (nSPS) is 16.4. The van der Waals surface area contributed by atoms with E-state index in [2.05, 4.69) is 16.8 Å². The Balaban J connectivity index is 1.48. The Morgan fingerprint density at radius 3 is 2.71 bits per heavy atom. The van der Waals surface area contributed by atoms with Crippen molar-refractivity contribution in [2.45, 2.75) is 39.0 Å². The average molecular weight is 329 g/mol. The molecule has 1 aliphatic rings. The monoisotopic (exact) mass is 329 g/mol. The van der Waals surface area contributed by atoms with Crippen LogP contribution in [0.1, 0.15) is 29.5 Å². The van der Waals surface area contributed by atoms with E-state index in [1.54, 1.807) is 18.3 Å². The van der Waals surface area contributed by atoms with Gasteiger partial charge in [0.1, 0.15) is 11.6 Å². The highest BCUT2D eigenvalue weighted by atomic mass is 19.1. The van der Waals surface area contributed by atoms with Gasteiger partial charge in [0, 0.05) is 37.0 Å². The highest BCUT2D eigenvalue weighted by Crippen LogP contribution is 2.21. The van der Waals surface area contributed by atoms with Crippen LogP contribution in [-0.2, 0) is 17.9 Å². The van der Waals surface area contributed by atoms with E-state index < -0.39 is 0 Å². The second-order valence-corrected chi connectivity index (χ2v) is 6.37. The number of aromatic nitrogens is 1. The third-order valence-corrected chi connectivity index (χ3v) is 4.67. The minimum atomic E-state index is -0.197. The molecule has 24 heavy (non-hydrogen) atoms. The highest BCUT2D eigenvalue weighted by Gasteiger charge is 2.21. The van der Waals surface area contributed by atoms with Gasteiger partial charge in [0.05, 0.1) is 12.7 Å². The summed E-state index contributed by atoms with van der Waals surface area (Å²) in [7, 11) is 0. The van der Waals surface area contributed by atoms with Crippen molar-refractivity contribution < 1.29 is 9.13 Å². The van der Waals surface area contributed by atoms with Gasteiger partial charge >= 0.3 is 0 Å². The topological polar surface area (TPSA) is 51.4 Å². The summed E-state index contributed by atoms with van der Waals surface area (Å²) in [6.07, 6.45) is 3.84. The average Bonchev–Trinajstić information content (AvgIpc) is 2.59. The number of anilines is 1. The van der Waals surface area contributed by atoms with Crippen LogP contribution in [0.2, 0.25) is 0 Å². The first-order valence-electron chi connectivity index (χ1n) is 8.41. The number of nitrogen functional groups attached to an aromatic ring is 1. The first kappa shape index (κ1) is 16.9. The minimum Gasteiger partial charge on any atom is -0.383 e. The summed E-state index contributed by atoms with van der Waals surface area (Å²) in [4.78, 5) is 6.56. The van der Waals surface area contributed by atoms with Crippen molar-refractivity contribution in [2.24, 2.45) is 0 Å². The predicted octanol–water partition coefficient (Wildman–Crippen LogP) is 3.29. The molecular weight excluding hydrogens is 305 g/mol. The summed E-state index contributed by atoms with van der Waals surface area (Å²) in [5.74, 6) is 0.422. The van der Waals surface area contributed by atoms with E-state index in [4.69, 9.17) is 10.5 Å². The molecule has 1 aliphatic heterocycles. The summed E-state index contributed by atoms with van der Waals surface area (Å²) in [5.41, 5.74) is 8.91. The minimum absolute atomic E-state index is 0.188. The smallest absolute Gasteiger partial charge is 0.128 e. The lowest BCUT2D eigenvalue weighted by atomic mass is 10.1. The molecule has 1 saturated heterocycles. The maximum Gasteiger partial charge on any atom is 0.128 e. The quantitative estimate of drug-likeness (QED) is 0.914. The first-order chi connectivity index (χ1) is 11.6. The van der Waals surface area contributed by atoms with Crippen molar-refractivity contribution in [3.05, 3.63) is 59.0 Å². The van der Waals surface area contributed by atoms with Crippen LogP contribution in [0.3, 0.4) is 0 Å². The molecule has 4 nitrogen and oxygen atoms in total. The van der Waals surface area contributed by atoms with Crippen molar-refractivity contribution in [1.82, 2.24) is 9.88 Å². The van der Waals surface area contributed by atoms with Crippen molar-refractivity contribution in [1.29, 1.82) is 0 Å². The zero-order valence-corrected chi connectivity index (χ0v) is 14.0. The first-order valence-corrected chi connectivity index (χ1v) is 8.41. The van der Waals surface area contributed by atoms with E-state index in [0.717, 1.165) is 38.0 Å². The lowest BCUT2D eigenvalue weighted by Crippen LogP contribution is -2.36. The molecule has 1 aromatic heterocycles. The van der Waals surface area contributed by atoms with Crippen molar-refractivity contribution in [3.63, 3.8) is 0 Å². The number of piperidine rings is 1. The van der Waals surface area contributed by atoms with Gasteiger partial charge in [0.25, 0.3) is 0 Å². The zero-order chi connectivity index (χ0) is 16.9. The van der Waals surface area contributed by atoms with Gasteiger partial charge in [-0.15, -0.1) is 0 Å². The molecule has 1 fully saturated rings. The van der Waals surface area contributed by atoms with Crippen molar-refractivity contribution in [2.75, 3.05) is 18.8 Å². The third kappa shape index (κ3) is 4.10. The molecule has 0 spiro atoms. The number of nitrogens with zero attached hydrogens (tertiary/aromatic N) is 2. The molecule has 0 atom stereocenters. The van der Waals surface area contributed by atoms with E-state index in [9.17, 15) is 4.39 Å². The number of pyridine rings is 1. The largest absolute Gasteiger partial charge is 0.383 e. The van der Waals surface area contributed by atoms with Crippen LogP contribution >= 0.6 is 0 Å². The van der Waals surface area contributed by atoms with Gasteiger partial charge in [-0.3, -0.25) is 4.90 Å². The standard InChI is InChI=1S/C19H24FN3O/c1-14-6-9-22-19(21)17(14)12-23-10-7-16(8-11-23)24-13-15-4-2-3-5-18(15)20/h2-6,9,16H,7-8,10-13H2,1H3,(H2,21,22). The van der Waals surface area contributed by atoms with Gasteiger partial charge in [-0.2, -0.15) is 0 Å². The van der Waals surface area contributed by atoms with Crippen LogP contribution in [0, 0.1) is 12.7 Å². The number of ether oxygens (including phenoxy) is 1. The maximum atomic E-state index is 13.6. The second kappa shape index (κ2) is 7.73. The van der Waals surface area contributed by atoms with Crippen molar-refractivity contribution in [3.8, 4) is 0 Å². The summed E-state index contributed by atoms with van der Waals surface area (Å²) >= 11 is 0. The fourth-order valence-electron chi connectivity index (χ4n) is 3.10. The van der Waals surface area contributed by atoms with E-state index in [1.165, 1.54) is 11.6 Å². The summed E-state index contributed by atoms with van der Waals surface area (Å²) in [6, 6.07) is 8.78. The lowest BCUT2D eigenvalue weighted by Gasteiger charge is -2.32. The zero-order valence-electron chi connectivity index (χ0n) is 14.0.